The molecule has 0 aliphatic carbocycles. The fourth-order valence-corrected chi connectivity index (χ4v) is 3.45. The van der Waals surface area contributed by atoms with Crippen LogP contribution in [0.3, 0.4) is 0 Å². The molecule has 1 heterocycles. The highest BCUT2D eigenvalue weighted by Gasteiger charge is 2.30. The molecule has 0 radical (unpaired) electrons. The maximum absolute atomic E-state index is 3.75. The summed E-state index contributed by atoms with van der Waals surface area (Å²) in [5, 5.41) is 3.75. The van der Waals surface area contributed by atoms with Crippen LogP contribution in [-0.2, 0) is 5.54 Å². The van der Waals surface area contributed by atoms with Crippen molar-refractivity contribution in [2.24, 2.45) is 0 Å². The van der Waals surface area contributed by atoms with E-state index in [1.165, 1.54) is 36.6 Å². The summed E-state index contributed by atoms with van der Waals surface area (Å²) in [5.74, 6) is 2.48. The second kappa shape index (κ2) is 7.32. The average molecular weight is 278 g/mol. The summed E-state index contributed by atoms with van der Waals surface area (Å²) in [5.41, 5.74) is 1.50. The van der Waals surface area contributed by atoms with Crippen LogP contribution in [0, 0.1) is 0 Å². The molecule has 1 aromatic carbocycles. The molecule has 106 valence electrons. The molecule has 1 aliphatic heterocycles. The average Bonchev–Trinajstić information content (AvgIpc) is 2.63. The Morgan fingerprint density at radius 3 is 2.84 bits per heavy atom. The van der Waals surface area contributed by atoms with Crippen LogP contribution in [-0.4, -0.2) is 42.6 Å². The number of rotatable bonds is 5. The van der Waals surface area contributed by atoms with Gasteiger partial charge in [0.15, 0.2) is 0 Å². The molecule has 2 nitrogen and oxygen atoms in total. The van der Waals surface area contributed by atoms with Gasteiger partial charge in [0, 0.05) is 18.8 Å². The predicted octanol–water partition coefficient (Wildman–Crippen LogP) is 2.95. The number of nitrogens with one attached hydrogen (secondary N) is 1. The SMILES string of the molecule is CCSCCN1CCCNC(C)(c2ccccc2)C1. The van der Waals surface area contributed by atoms with Crippen molar-refractivity contribution in [2.45, 2.75) is 25.8 Å². The zero-order valence-corrected chi connectivity index (χ0v) is 13.0. The maximum Gasteiger partial charge on any atom is 0.0534 e. The summed E-state index contributed by atoms with van der Waals surface area (Å²) >= 11 is 2.04. The van der Waals surface area contributed by atoms with Crippen molar-refractivity contribution in [3.8, 4) is 0 Å². The molecular weight excluding hydrogens is 252 g/mol. The summed E-state index contributed by atoms with van der Waals surface area (Å²) < 4.78 is 0. The van der Waals surface area contributed by atoms with Crippen LogP contribution >= 0.6 is 11.8 Å². The Morgan fingerprint density at radius 1 is 1.32 bits per heavy atom. The van der Waals surface area contributed by atoms with Crippen LogP contribution in [0.25, 0.3) is 0 Å². The highest BCUT2D eigenvalue weighted by molar-refractivity contribution is 7.99. The standard InChI is InChI=1S/C16H26N2S/c1-3-19-13-12-18-11-7-10-17-16(2,14-18)15-8-5-4-6-9-15/h4-6,8-9,17H,3,7,10-14H2,1-2H3. The van der Waals surface area contributed by atoms with Gasteiger partial charge in [-0.2, -0.15) is 11.8 Å². The van der Waals surface area contributed by atoms with Crippen LogP contribution in [0.5, 0.6) is 0 Å². The molecule has 1 aromatic rings. The lowest BCUT2D eigenvalue weighted by Crippen LogP contribution is -2.46. The smallest absolute Gasteiger partial charge is 0.0534 e. The normalized spacial score (nSPS) is 25.2. The maximum atomic E-state index is 3.75. The lowest BCUT2D eigenvalue weighted by molar-refractivity contribution is 0.231. The molecule has 1 N–H and O–H groups in total. The minimum Gasteiger partial charge on any atom is -0.307 e. The van der Waals surface area contributed by atoms with Crippen LogP contribution < -0.4 is 5.32 Å². The van der Waals surface area contributed by atoms with Gasteiger partial charge in [-0.1, -0.05) is 37.3 Å². The van der Waals surface area contributed by atoms with Gasteiger partial charge in [-0.05, 0) is 37.8 Å². The number of benzene rings is 1. The molecule has 19 heavy (non-hydrogen) atoms. The van der Waals surface area contributed by atoms with Gasteiger partial charge in [0.25, 0.3) is 0 Å². The first kappa shape index (κ1) is 14.9. The fraction of sp³-hybridized carbons (Fsp3) is 0.625. The third-order valence-electron chi connectivity index (χ3n) is 3.87. The zero-order chi connectivity index (χ0) is 13.6. The molecule has 3 heteroatoms. The van der Waals surface area contributed by atoms with Gasteiger partial charge in [0.1, 0.15) is 0 Å². The summed E-state index contributed by atoms with van der Waals surface area (Å²) in [6.45, 7) is 9.24. The highest BCUT2D eigenvalue weighted by Crippen LogP contribution is 2.24. The van der Waals surface area contributed by atoms with Crippen molar-refractivity contribution in [3.63, 3.8) is 0 Å². The molecule has 0 saturated carbocycles. The molecule has 0 amide bonds. The number of hydrogen-bond acceptors (Lipinski definition) is 3. The topological polar surface area (TPSA) is 15.3 Å². The summed E-state index contributed by atoms with van der Waals surface area (Å²) in [4.78, 5) is 2.62. The summed E-state index contributed by atoms with van der Waals surface area (Å²) in [6, 6.07) is 10.9. The van der Waals surface area contributed by atoms with Crippen LogP contribution in [0.2, 0.25) is 0 Å². The van der Waals surface area contributed by atoms with E-state index in [0.29, 0.717) is 0 Å². The van der Waals surface area contributed by atoms with Crippen LogP contribution in [0.15, 0.2) is 30.3 Å². The van der Waals surface area contributed by atoms with Crippen molar-refractivity contribution < 1.29 is 0 Å². The monoisotopic (exact) mass is 278 g/mol. The number of nitrogens with zero attached hydrogens (tertiary/aromatic N) is 1. The lowest BCUT2D eigenvalue weighted by atomic mass is 9.91. The van der Waals surface area contributed by atoms with Gasteiger partial charge in [0.2, 0.25) is 0 Å². The van der Waals surface area contributed by atoms with Gasteiger partial charge in [-0.3, -0.25) is 0 Å². The van der Waals surface area contributed by atoms with E-state index in [4.69, 9.17) is 0 Å². The first-order valence-corrected chi connectivity index (χ1v) is 8.51. The van der Waals surface area contributed by atoms with Crippen molar-refractivity contribution in [1.29, 1.82) is 0 Å². The first-order valence-electron chi connectivity index (χ1n) is 7.35. The summed E-state index contributed by atoms with van der Waals surface area (Å²) in [7, 11) is 0. The zero-order valence-electron chi connectivity index (χ0n) is 12.2. The van der Waals surface area contributed by atoms with E-state index in [2.05, 4.69) is 54.4 Å². The van der Waals surface area contributed by atoms with E-state index in [1.807, 2.05) is 11.8 Å². The molecule has 2 rings (SSSR count). The molecular formula is C16H26N2S. The Bertz CT molecular complexity index is 368. The van der Waals surface area contributed by atoms with Crippen LogP contribution in [0.4, 0.5) is 0 Å². The Labute approximate surface area is 122 Å². The van der Waals surface area contributed by atoms with Crippen molar-refractivity contribution in [3.05, 3.63) is 35.9 Å². The Morgan fingerprint density at radius 2 is 2.11 bits per heavy atom. The van der Waals surface area contributed by atoms with E-state index in [1.54, 1.807) is 0 Å². The lowest BCUT2D eigenvalue weighted by Gasteiger charge is -2.34. The van der Waals surface area contributed by atoms with Crippen molar-refractivity contribution >= 4 is 11.8 Å². The second-order valence-corrected chi connectivity index (χ2v) is 6.85. The van der Waals surface area contributed by atoms with E-state index in [0.717, 1.165) is 13.1 Å². The summed E-state index contributed by atoms with van der Waals surface area (Å²) in [6.07, 6.45) is 1.25. The van der Waals surface area contributed by atoms with E-state index >= 15 is 0 Å². The third-order valence-corrected chi connectivity index (χ3v) is 4.75. The van der Waals surface area contributed by atoms with Gasteiger partial charge < -0.3 is 10.2 Å². The molecule has 1 atom stereocenters. The Kier molecular flexibility index (Phi) is 5.74. The molecule has 1 aliphatic rings. The predicted molar refractivity (Wildman–Crippen MR) is 85.9 cm³/mol. The Hall–Kier alpha value is -0.510. The molecule has 1 fully saturated rings. The van der Waals surface area contributed by atoms with Gasteiger partial charge in [-0.15, -0.1) is 0 Å². The van der Waals surface area contributed by atoms with Gasteiger partial charge >= 0.3 is 0 Å². The molecule has 1 saturated heterocycles. The number of thioether (sulfide) groups is 1. The van der Waals surface area contributed by atoms with E-state index in [-0.39, 0.29) is 5.54 Å². The van der Waals surface area contributed by atoms with Crippen molar-refractivity contribution in [2.75, 3.05) is 37.7 Å². The fourth-order valence-electron chi connectivity index (χ4n) is 2.78. The molecule has 1 unspecified atom stereocenters. The van der Waals surface area contributed by atoms with Gasteiger partial charge in [0.05, 0.1) is 5.54 Å². The molecule has 0 spiro atoms. The Balaban J connectivity index is 2.03. The number of hydrogen-bond donors (Lipinski definition) is 1. The van der Waals surface area contributed by atoms with E-state index in [9.17, 15) is 0 Å². The second-order valence-electron chi connectivity index (χ2n) is 5.45. The molecule has 0 aromatic heterocycles. The van der Waals surface area contributed by atoms with E-state index < -0.39 is 0 Å². The quantitative estimate of drug-likeness (QED) is 0.834. The molecule has 0 bridgehead atoms. The minimum atomic E-state index is 0.0919. The van der Waals surface area contributed by atoms with Crippen LogP contribution in [0.1, 0.15) is 25.8 Å². The highest BCUT2D eigenvalue weighted by atomic mass is 32.2. The third kappa shape index (κ3) is 4.23. The van der Waals surface area contributed by atoms with Crippen molar-refractivity contribution in [1.82, 2.24) is 10.2 Å². The first-order chi connectivity index (χ1) is 9.24. The largest absolute Gasteiger partial charge is 0.307 e. The van der Waals surface area contributed by atoms with Gasteiger partial charge in [-0.25, -0.2) is 0 Å². The minimum absolute atomic E-state index is 0.0919.